The molecule has 0 saturated heterocycles. The fourth-order valence-electron chi connectivity index (χ4n) is 12.2. The van der Waals surface area contributed by atoms with Gasteiger partial charge in [0.05, 0.1) is 0 Å². The van der Waals surface area contributed by atoms with Crippen molar-refractivity contribution in [2.45, 2.75) is 11.8 Å². The van der Waals surface area contributed by atoms with Gasteiger partial charge >= 0.3 is 44.9 Å². The fourth-order valence-corrected chi connectivity index (χ4v) is 12.2. The van der Waals surface area contributed by atoms with Gasteiger partial charge < -0.3 is 0 Å². The number of hydrogen-bond donors (Lipinski definition) is 0. The van der Waals surface area contributed by atoms with Crippen molar-refractivity contribution < 1.29 is 36.5 Å². The molecule has 0 amide bonds. The molecular formula is C46H24N10+8. The quantitative estimate of drug-likeness (QED) is 0.138. The third kappa shape index (κ3) is 2.17. The van der Waals surface area contributed by atoms with Crippen LogP contribution >= 0.6 is 0 Å². The van der Waals surface area contributed by atoms with E-state index < -0.39 is 11.8 Å². The molecule has 13 heterocycles. The minimum atomic E-state index is -0.887. The molecule has 10 heteroatoms. The zero-order chi connectivity index (χ0) is 35.6. The molecular weight excluding hydrogens is 693 g/mol. The Morgan fingerprint density at radius 1 is 0.304 bits per heavy atom. The Labute approximate surface area is 314 Å². The van der Waals surface area contributed by atoms with Crippen LogP contribution in [0.3, 0.4) is 0 Å². The third-order valence-corrected chi connectivity index (χ3v) is 13.8. The van der Waals surface area contributed by atoms with Gasteiger partial charge in [-0.1, -0.05) is 12.1 Å². The van der Waals surface area contributed by atoms with Crippen molar-refractivity contribution in [1.29, 1.82) is 0 Å². The number of aromatic nitrogens is 10. The zero-order valence-electron chi connectivity index (χ0n) is 29.3. The molecule has 0 saturated carbocycles. The molecule has 56 heavy (non-hydrogen) atoms. The second-order valence-corrected chi connectivity index (χ2v) is 15.9. The van der Waals surface area contributed by atoms with Gasteiger partial charge in [0.1, 0.15) is 33.3 Å². The van der Waals surface area contributed by atoms with Crippen LogP contribution in [-0.2, 0) is 11.8 Å². The molecule has 0 aliphatic carbocycles. The van der Waals surface area contributed by atoms with Crippen LogP contribution in [0, 0.1) is 0 Å². The summed E-state index contributed by atoms with van der Waals surface area (Å²) in [5, 5.41) is 0. The highest BCUT2D eigenvalue weighted by molar-refractivity contribution is 6.18. The molecule has 0 radical (unpaired) electrons. The van der Waals surface area contributed by atoms with Crippen LogP contribution in [0.25, 0.3) is 111 Å². The SMILES string of the molecule is c1cc[n+]2c(c1)-c1cccc3nc4c5nc6cccc7c6[n+]6c5c5c8c4[n+](c13)[C@@]21[n+]2ccccc2-c2ccc3c(c2[n+]81)[n+]5[C@]6([n+]1ccccc1-7)[n+]1ccccc1-3. The Kier molecular flexibility index (Phi) is 3.62. The van der Waals surface area contributed by atoms with Crippen LogP contribution in [0.4, 0.5) is 0 Å². The second kappa shape index (κ2) is 7.75. The van der Waals surface area contributed by atoms with E-state index in [1.807, 2.05) is 0 Å². The normalized spacial score (nSPS) is 19.6. The maximum atomic E-state index is 5.71. The molecule has 0 N–H and O–H groups in total. The van der Waals surface area contributed by atoms with Crippen LogP contribution in [0.5, 0.6) is 0 Å². The summed E-state index contributed by atoms with van der Waals surface area (Å²) in [5.41, 5.74) is 22.2. The first kappa shape index (κ1) is 26.1. The molecule has 2 atom stereocenters. The Balaban J connectivity index is 1.32. The number of rotatable bonds is 0. The van der Waals surface area contributed by atoms with Gasteiger partial charge in [0.2, 0.25) is 22.8 Å². The molecule has 7 aromatic heterocycles. The summed E-state index contributed by atoms with van der Waals surface area (Å²) < 4.78 is 20.6. The highest BCUT2D eigenvalue weighted by Gasteiger charge is 2.89. The van der Waals surface area contributed by atoms with E-state index in [1.165, 1.54) is 22.2 Å². The van der Waals surface area contributed by atoms with Crippen LogP contribution in [0.2, 0.25) is 0 Å². The van der Waals surface area contributed by atoms with Crippen LogP contribution in [-0.4, -0.2) is 9.97 Å². The van der Waals surface area contributed by atoms with E-state index in [4.69, 9.17) is 9.97 Å². The zero-order valence-corrected chi connectivity index (χ0v) is 29.3. The van der Waals surface area contributed by atoms with Gasteiger partial charge in [-0.25, -0.2) is 9.97 Å². The van der Waals surface area contributed by atoms with Crippen molar-refractivity contribution in [2.75, 3.05) is 0 Å². The Morgan fingerprint density at radius 2 is 0.661 bits per heavy atom. The van der Waals surface area contributed by atoms with Crippen LogP contribution in [0.1, 0.15) is 0 Å². The Morgan fingerprint density at radius 3 is 1.05 bits per heavy atom. The number of benzene rings is 4. The number of para-hydroxylation sites is 2. The van der Waals surface area contributed by atoms with Gasteiger partial charge in [0.25, 0.3) is 11.0 Å². The molecule has 2 spiro atoms. The maximum absolute atomic E-state index is 5.71. The number of fused-ring (bicyclic) bond motifs is 9. The maximum Gasteiger partial charge on any atom is 0.771 e. The molecule has 11 aromatic rings. The number of pyridine rings is 4. The van der Waals surface area contributed by atoms with Crippen molar-refractivity contribution in [2.24, 2.45) is 0 Å². The summed E-state index contributed by atoms with van der Waals surface area (Å²) in [6.45, 7) is 0. The number of nitrogens with zero attached hydrogens (tertiary/aromatic N) is 10. The molecule has 6 aliphatic rings. The van der Waals surface area contributed by atoms with E-state index in [2.05, 4.69) is 183 Å². The topological polar surface area (TPSA) is 56.8 Å². The molecule has 4 aromatic carbocycles. The van der Waals surface area contributed by atoms with E-state index in [0.29, 0.717) is 0 Å². The minimum absolute atomic E-state index is 0.887. The molecule has 10 nitrogen and oxygen atoms in total. The largest absolute Gasteiger partial charge is 0.771 e. The molecule has 250 valence electrons. The van der Waals surface area contributed by atoms with Crippen molar-refractivity contribution >= 4 is 66.2 Å². The average molecular weight is 717 g/mol. The Hall–Kier alpha value is -7.72. The van der Waals surface area contributed by atoms with Crippen molar-refractivity contribution in [3.05, 3.63) is 146 Å². The molecule has 6 aliphatic heterocycles. The van der Waals surface area contributed by atoms with E-state index in [0.717, 1.165) is 89.1 Å². The smallest absolute Gasteiger partial charge is 0.232 e. The summed E-state index contributed by atoms with van der Waals surface area (Å²) in [6.07, 6.45) is 9.08. The van der Waals surface area contributed by atoms with Crippen LogP contribution in [0.15, 0.2) is 146 Å². The molecule has 0 bridgehead atoms. The van der Waals surface area contributed by atoms with E-state index >= 15 is 0 Å². The minimum Gasteiger partial charge on any atom is -0.232 e. The van der Waals surface area contributed by atoms with Gasteiger partial charge in [-0.3, -0.25) is 0 Å². The highest BCUT2D eigenvalue weighted by atomic mass is 15.6. The summed E-state index contributed by atoms with van der Waals surface area (Å²) in [7, 11) is 0. The lowest BCUT2D eigenvalue weighted by Gasteiger charge is -2.23. The van der Waals surface area contributed by atoms with Gasteiger partial charge in [-0.2, -0.15) is 0 Å². The summed E-state index contributed by atoms with van der Waals surface area (Å²) in [4.78, 5) is 11.4. The monoisotopic (exact) mass is 716 g/mol. The predicted molar refractivity (Wildman–Crippen MR) is 199 cm³/mol. The van der Waals surface area contributed by atoms with Gasteiger partial charge in [0, 0.05) is 66.8 Å². The lowest BCUT2D eigenvalue weighted by Crippen LogP contribution is -3.00. The number of hydrogen-bond acceptors (Lipinski definition) is 2. The lowest BCUT2D eigenvalue weighted by molar-refractivity contribution is -1.30. The third-order valence-electron chi connectivity index (χ3n) is 13.8. The molecule has 0 unspecified atom stereocenters. The highest BCUT2D eigenvalue weighted by Crippen LogP contribution is 2.47. The predicted octanol–water partition coefficient (Wildman–Crippen LogP) is 2.67. The lowest BCUT2D eigenvalue weighted by atomic mass is 9.96. The summed E-state index contributed by atoms with van der Waals surface area (Å²) >= 11 is 0. The van der Waals surface area contributed by atoms with Crippen LogP contribution < -0.4 is 36.5 Å². The average Bonchev–Trinajstić information content (AvgIpc) is 3.78. The second-order valence-electron chi connectivity index (χ2n) is 15.9. The standard InChI is InChI=1S/C46H24N10/c1-5-21-49-31(15-1)25-11-9-13-29-37(25)53-41-35(47-29)36-42-44-43(41)55-39-27(33-17-3-7-23-51(33)45(49,53)55)19-20-28-34-18-4-8-24-52(34)46(56(44)40(28)39)50-22-6-2-16-32(50)26-12-10-14-30(48-36)38(26)54(42)46/h1-24H/q+8/t45-,46+. The van der Waals surface area contributed by atoms with Crippen molar-refractivity contribution in [3.8, 4) is 45.0 Å². The van der Waals surface area contributed by atoms with Gasteiger partial charge in [-0.15, -0.1) is 0 Å². The Bertz CT molecular complexity index is 3710. The van der Waals surface area contributed by atoms with E-state index in [-0.39, 0.29) is 0 Å². The van der Waals surface area contributed by atoms with Crippen molar-refractivity contribution in [3.63, 3.8) is 0 Å². The first-order valence-corrected chi connectivity index (χ1v) is 19.2. The van der Waals surface area contributed by atoms with Gasteiger partial charge in [-0.05, 0) is 78.9 Å². The van der Waals surface area contributed by atoms with Crippen molar-refractivity contribution in [1.82, 2.24) is 9.97 Å². The fraction of sp³-hybridized carbons (Fsp3) is 0.0435. The summed E-state index contributed by atoms with van der Waals surface area (Å²) in [6, 6.07) is 44.4. The van der Waals surface area contributed by atoms with E-state index in [1.54, 1.807) is 0 Å². The molecule has 0 fully saturated rings. The van der Waals surface area contributed by atoms with Gasteiger partial charge in [0.15, 0.2) is 35.8 Å². The van der Waals surface area contributed by atoms with E-state index in [9.17, 15) is 0 Å². The first-order chi connectivity index (χ1) is 27.8. The summed E-state index contributed by atoms with van der Waals surface area (Å²) in [5.74, 6) is -1.77. The molecule has 17 rings (SSSR count). The first-order valence-electron chi connectivity index (χ1n) is 19.2.